The number of benzene rings is 1. The van der Waals surface area contributed by atoms with E-state index in [1.54, 1.807) is 0 Å². The molecule has 11 heteroatoms. The molecule has 0 atom stereocenters. The fourth-order valence-corrected chi connectivity index (χ4v) is 2.74. The van der Waals surface area contributed by atoms with Crippen LogP contribution in [0.1, 0.15) is 11.1 Å². The maximum atomic E-state index is 12.8. The summed E-state index contributed by atoms with van der Waals surface area (Å²) in [5.41, 5.74) is -1.24. The number of nitrogens with one attached hydrogen (secondary N) is 2. The van der Waals surface area contributed by atoms with Crippen LogP contribution in [0.5, 0.6) is 0 Å². The smallest absolute Gasteiger partial charge is 0.339 e. The summed E-state index contributed by atoms with van der Waals surface area (Å²) in [6.45, 7) is 0.0445. The number of aromatic nitrogens is 6. The van der Waals surface area contributed by atoms with E-state index in [2.05, 4.69) is 20.1 Å². The van der Waals surface area contributed by atoms with Gasteiger partial charge in [-0.3, -0.25) is 14.5 Å². The van der Waals surface area contributed by atoms with E-state index in [-0.39, 0.29) is 23.4 Å². The SMILES string of the molecule is O=c1[nH]c2nc[nH]c2c(=O)n1-c1cnn(Cc2cccc(C(F)(F)F)c2)c1. The number of halogens is 3. The molecule has 3 heterocycles. The van der Waals surface area contributed by atoms with Gasteiger partial charge >= 0.3 is 11.9 Å². The average Bonchev–Trinajstić information content (AvgIpc) is 3.24. The normalized spacial score (nSPS) is 12.0. The zero-order valence-electron chi connectivity index (χ0n) is 13.5. The van der Waals surface area contributed by atoms with Gasteiger partial charge in [-0.1, -0.05) is 12.1 Å². The number of alkyl halides is 3. The minimum atomic E-state index is -4.44. The van der Waals surface area contributed by atoms with E-state index < -0.39 is 23.0 Å². The molecule has 27 heavy (non-hydrogen) atoms. The highest BCUT2D eigenvalue weighted by Crippen LogP contribution is 2.29. The van der Waals surface area contributed by atoms with Crippen molar-refractivity contribution in [3.63, 3.8) is 0 Å². The molecule has 1 aromatic carbocycles. The van der Waals surface area contributed by atoms with Crippen molar-refractivity contribution in [1.29, 1.82) is 0 Å². The van der Waals surface area contributed by atoms with Gasteiger partial charge in [-0.15, -0.1) is 0 Å². The van der Waals surface area contributed by atoms with Crippen LogP contribution in [-0.4, -0.2) is 29.3 Å². The van der Waals surface area contributed by atoms with Crippen molar-refractivity contribution in [2.75, 3.05) is 0 Å². The molecular weight excluding hydrogens is 365 g/mol. The van der Waals surface area contributed by atoms with Crippen LogP contribution >= 0.6 is 0 Å². The van der Waals surface area contributed by atoms with Gasteiger partial charge in [-0.05, 0) is 17.7 Å². The minimum Gasteiger partial charge on any atom is -0.339 e. The van der Waals surface area contributed by atoms with Gasteiger partial charge in [0.05, 0.1) is 30.3 Å². The molecule has 3 aromatic heterocycles. The summed E-state index contributed by atoms with van der Waals surface area (Å²) in [7, 11) is 0. The highest BCUT2D eigenvalue weighted by atomic mass is 19.4. The Labute approximate surface area is 147 Å². The number of H-pyrrole nitrogens is 2. The lowest BCUT2D eigenvalue weighted by Gasteiger charge is -2.08. The molecule has 2 N–H and O–H groups in total. The fourth-order valence-electron chi connectivity index (χ4n) is 2.74. The van der Waals surface area contributed by atoms with E-state index >= 15 is 0 Å². The molecule has 0 radical (unpaired) electrons. The highest BCUT2D eigenvalue weighted by Gasteiger charge is 2.30. The van der Waals surface area contributed by atoms with Crippen molar-refractivity contribution in [3.8, 4) is 5.69 Å². The van der Waals surface area contributed by atoms with Crippen LogP contribution in [0, 0.1) is 0 Å². The zero-order chi connectivity index (χ0) is 19.2. The van der Waals surface area contributed by atoms with Crippen molar-refractivity contribution >= 4 is 11.2 Å². The van der Waals surface area contributed by atoms with Crippen molar-refractivity contribution in [2.45, 2.75) is 12.7 Å². The Hall–Kier alpha value is -3.63. The summed E-state index contributed by atoms with van der Waals surface area (Å²) in [5, 5.41) is 4.03. The van der Waals surface area contributed by atoms with Crippen LogP contribution in [0.15, 0.2) is 52.6 Å². The largest absolute Gasteiger partial charge is 0.416 e. The second-order valence-corrected chi connectivity index (χ2v) is 5.79. The molecule has 0 bridgehead atoms. The number of hydrogen-bond acceptors (Lipinski definition) is 4. The first-order valence-corrected chi connectivity index (χ1v) is 7.70. The Morgan fingerprint density at radius 3 is 2.78 bits per heavy atom. The molecule has 4 rings (SSSR count). The summed E-state index contributed by atoms with van der Waals surface area (Å²) < 4.78 is 40.7. The third-order valence-corrected chi connectivity index (χ3v) is 3.96. The lowest BCUT2D eigenvalue weighted by atomic mass is 10.1. The number of aromatic amines is 2. The minimum absolute atomic E-state index is 0.0445. The van der Waals surface area contributed by atoms with Gasteiger partial charge in [0, 0.05) is 6.20 Å². The van der Waals surface area contributed by atoms with Crippen molar-refractivity contribution < 1.29 is 13.2 Å². The molecule has 4 aromatic rings. The summed E-state index contributed by atoms with van der Waals surface area (Å²) >= 11 is 0. The van der Waals surface area contributed by atoms with Crippen molar-refractivity contribution in [2.24, 2.45) is 0 Å². The third kappa shape index (κ3) is 3.03. The quantitative estimate of drug-likeness (QED) is 0.568. The first-order chi connectivity index (χ1) is 12.8. The zero-order valence-corrected chi connectivity index (χ0v) is 13.5. The van der Waals surface area contributed by atoms with E-state index in [4.69, 9.17) is 0 Å². The van der Waals surface area contributed by atoms with Gasteiger partial charge in [0.25, 0.3) is 5.56 Å². The topological polar surface area (TPSA) is 101 Å². The van der Waals surface area contributed by atoms with Gasteiger partial charge in [0.1, 0.15) is 5.52 Å². The lowest BCUT2D eigenvalue weighted by molar-refractivity contribution is -0.137. The Balaban J connectivity index is 1.69. The summed E-state index contributed by atoms with van der Waals surface area (Å²) in [5.74, 6) is 0. The third-order valence-electron chi connectivity index (χ3n) is 3.96. The Kier molecular flexibility index (Phi) is 3.72. The molecule has 0 unspecified atom stereocenters. The molecule has 0 aliphatic heterocycles. The number of rotatable bonds is 3. The van der Waals surface area contributed by atoms with Crippen LogP contribution in [0.2, 0.25) is 0 Å². The fraction of sp³-hybridized carbons (Fsp3) is 0.125. The molecule has 0 spiro atoms. The maximum absolute atomic E-state index is 12.8. The molecule has 0 saturated carbocycles. The van der Waals surface area contributed by atoms with Gasteiger partial charge in [-0.25, -0.2) is 14.3 Å². The van der Waals surface area contributed by atoms with E-state index in [0.717, 1.165) is 16.7 Å². The van der Waals surface area contributed by atoms with Gasteiger partial charge in [-0.2, -0.15) is 18.3 Å². The second-order valence-electron chi connectivity index (χ2n) is 5.79. The molecule has 0 aliphatic rings. The maximum Gasteiger partial charge on any atom is 0.416 e. The molecular formula is C16H11F3N6O2. The van der Waals surface area contributed by atoms with E-state index in [1.807, 2.05) is 0 Å². The van der Waals surface area contributed by atoms with Crippen molar-refractivity contribution in [3.05, 3.63) is 75.0 Å². The van der Waals surface area contributed by atoms with Crippen LogP contribution in [0.3, 0.4) is 0 Å². The Morgan fingerprint density at radius 1 is 1.19 bits per heavy atom. The highest BCUT2D eigenvalue weighted by molar-refractivity contribution is 5.68. The summed E-state index contributed by atoms with van der Waals surface area (Å²) in [6, 6.07) is 4.85. The predicted octanol–water partition coefficient (Wildman–Crippen LogP) is 1.67. The Bertz CT molecular complexity index is 1250. The van der Waals surface area contributed by atoms with Crippen LogP contribution in [0.25, 0.3) is 16.9 Å². The van der Waals surface area contributed by atoms with Gasteiger partial charge < -0.3 is 4.98 Å². The number of hydrogen-bond donors (Lipinski definition) is 2. The summed E-state index contributed by atoms with van der Waals surface area (Å²) in [4.78, 5) is 33.5. The first kappa shape index (κ1) is 16.8. The number of fused-ring (bicyclic) bond motifs is 1. The molecule has 138 valence electrons. The van der Waals surface area contributed by atoms with Crippen LogP contribution in [-0.2, 0) is 12.7 Å². The standard InChI is InChI=1S/C16H11F3N6O2/c17-16(18,19)10-3-1-2-9(4-10)6-24-7-11(5-22-24)25-14(26)12-13(21-8-20-12)23-15(25)27/h1-5,7-8H,6H2,(H,20,21)(H,23,27). The Morgan fingerprint density at radius 2 is 2.00 bits per heavy atom. The van der Waals surface area contributed by atoms with E-state index in [0.29, 0.717) is 5.56 Å². The molecule has 0 aliphatic carbocycles. The molecule has 0 amide bonds. The number of imidazole rings is 1. The molecule has 0 saturated heterocycles. The predicted molar refractivity (Wildman–Crippen MR) is 88.6 cm³/mol. The molecule has 0 fully saturated rings. The monoisotopic (exact) mass is 376 g/mol. The molecule has 8 nitrogen and oxygen atoms in total. The summed E-state index contributed by atoms with van der Waals surface area (Å²) in [6.07, 6.45) is -0.472. The number of nitrogens with zero attached hydrogens (tertiary/aromatic N) is 4. The van der Waals surface area contributed by atoms with Gasteiger partial charge in [0.15, 0.2) is 5.65 Å². The first-order valence-electron chi connectivity index (χ1n) is 7.70. The average molecular weight is 376 g/mol. The van der Waals surface area contributed by atoms with Crippen LogP contribution in [0.4, 0.5) is 13.2 Å². The lowest BCUT2D eigenvalue weighted by Crippen LogP contribution is -2.33. The second kappa shape index (κ2) is 5.97. The van der Waals surface area contributed by atoms with E-state index in [1.165, 1.54) is 35.5 Å². The van der Waals surface area contributed by atoms with E-state index in [9.17, 15) is 22.8 Å². The van der Waals surface area contributed by atoms with Crippen molar-refractivity contribution in [1.82, 2.24) is 29.3 Å². The van der Waals surface area contributed by atoms with Gasteiger partial charge in [0.2, 0.25) is 0 Å². The van der Waals surface area contributed by atoms with Crippen LogP contribution < -0.4 is 11.2 Å².